The number of aliphatic hydroxyl groups excluding tert-OH is 1. The van der Waals surface area contributed by atoms with Gasteiger partial charge in [0.15, 0.2) is 0 Å². The molecule has 1 aromatic carbocycles. The average Bonchev–Trinajstić information content (AvgIpc) is 2.68. The van der Waals surface area contributed by atoms with Crippen molar-refractivity contribution in [2.24, 2.45) is 0 Å². The van der Waals surface area contributed by atoms with Gasteiger partial charge in [0.05, 0.1) is 34.1 Å². The van der Waals surface area contributed by atoms with Crippen molar-refractivity contribution in [2.75, 3.05) is 0 Å². The minimum Gasteiger partial charge on any atom is -0.389 e. The highest BCUT2D eigenvalue weighted by Crippen LogP contribution is 2.24. The van der Waals surface area contributed by atoms with Gasteiger partial charge in [-0.15, -0.1) is 0 Å². The number of aromatic nitrogens is 2. The van der Waals surface area contributed by atoms with E-state index >= 15 is 0 Å². The standard InChI is InChI=1S/C13H12ClN3O/c1-8-12(14)7-17(16-8)13-5-10(6-15)3-4-11(13)9(2)18/h3-5,7,9,18H,1-2H3/t9-/m0/s1. The van der Waals surface area contributed by atoms with Gasteiger partial charge in [-0.3, -0.25) is 0 Å². The van der Waals surface area contributed by atoms with Crippen molar-refractivity contribution >= 4 is 11.6 Å². The van der Waals surface area contributed by atoms with E-state index in [-0.39, 0.29) is 0 Å². The number of nitriles is 1. The first-order valence-electron chi connectivity index (χ1n) is 5.47. The summed E-state index contributed by atoms with van der Waals surface area (Å²) in [6.45, 7) is 3.47. The van der Waals surface area contributed by atoms with E-state index in [4.69, 9.17) is 16.9 Å². The van der Waals surface area contributed by atoms with E-state index < -0.39 is 6.10 Å². The average molecular weight is 262 g/mol. The Morgan fingerprint density at radius 3 is 2.72 bits per heavy atom. The van der Waals surface area contributed by atoms with E-state index in [9.17, 15) is 5.11 Å². The number of benzene rings is 1. The molecule has 1 heterocycles. The Morgan fingerprint density at radius 1 is 1.50 bits per heavy atom. The zero-order chi connectivity index (χ0) is 13.3. The van der Waals surface area contributed by atoms with Crippen LogP contribution < -0.4 is 0 Å². The van der Waals surface area contributed by atoms with Gasteiger partial charge in [-0.1, -0.05) is 17.7 Å². The van der Waals surface area contributed by atoms with Crippen molar-refractivity contribution in [1.29, 1.82) is 5.26 Å². The summed E-state index contributed by atoms with van der Waals surface area (Å²) in [6, 6.07) is 7.15. The van der Waals surface area contributed by atoms with E-state index in [1.54, 1.807) is 42.9 Å². The zero-order valence-corrected chi connectivity index (χ0v) is 10.8. The van der Waals surface area contributed by atoms with Gasteiger partial charge in [0.1, 0.15) is 0 Å². The molecule has 0 fully saturated rings. The third kappa shape index (κ3) is 2.23. The van der Waals surface area contributed by atoms with Crippen LogP contribution in [0.3, 0.4) is 0 Å². The SMILES string of the molecule is Cc1nn(-c2cc(C#N)ccc2[C@H](C)O)cc1Cl. The fourth-order valence-corrected chi connectivity index (χ4v) is 1.86. The molecule has 0 aliphatic heterocycles. The van der Waals surface area contributed by atoms with Crippen molar-refractivity contribution in [3.63, 3.8) is 0 Å². The van der Waals surface area contributed by atoms with Gasteiger partial charge in [-0.25, -0.2) is 4.68 Å². The molecule has 18 heavy (non-hydrogen) atoms. The van der Waals surface area contributed by atoms with Crippen LogP contribution in [0.2, 0.25) is 5.02 Å². The maximum Gasteiger partial charge on any atom is 0.0992 e. The van der Waals surface area contributed by atoms with E-state index in [1.807, 2.05) is 0 Å². The predicted molar refractivity (Wildman–Crippen MR) is 68.7 cm³/mol. The van der Waals surface area contributed by atoms with Crippen LogP contribution in [0.25, 0.3) is 5.69 Å². The fraction of sp³-hybridized carbons (Fsp3) is 0.231. The zero-order valence-electron chi connectivity index (χ0n) is 10.1. The summed E-state index contributed by atoms with van der Waals surface area (Å²) in [4.78, 5) is 0. The first-order valence-corrected chi connectivity index (χ1v) is 5.85. The second-order valence-electron chi connectivity index (χ2n) is 4.07. The van der Waals surface area contributed by atoms with E-state index in [1.165, 1.54) is 0 Å². The van der Waals surface area contributed by atoms with Crippen LogP contribution in [0.1, 0.15) is 29.8 Å². The predicted octanol–water partition coefficient (Wildman–Crippen LogP) is 2.76. The number of hydrogen-bond acceptors (Lipinski definition) is 3. The second-order valence-corrected chi connectivity index (χ2v) is 4.48. The molecule has 2 aromatic rings. The van der Waals surface area contributed by atoms with Crippen molar-refractivity contribution in [2.45, 2.75) is 20.0 Å². The Bertz CT molecular complexity index is 606. The van der Waals surface area contributed by atoms with Gasteiger partial charge in [0.25, 0.3) is 0 Å². The van der Waals surface area contributed by atoms with Crippen LogP contribution >= 0.6 is 11.6 Å². The molecule has 0 spiro atoms. The number of rotatable bonds is 2. The molecule has 92 valence electrons. The number of hydrogen-bond donors (Lipinski definition) is 1. The molecule has 0 amide bonds. The normalized spacial score (nSPS) is 12.2. The van der Waals surface area contributed by atoms with Crippen LogP contribution in [0.5, 0.6) is 0 Å². The summed E-state index contributed by atoms with van der Waals surface area (Å²) in [6.07, 6.45) is 1.02. The quantitative estimate of drug-likeness (QED) is 0.904. The van der Waals surface area contributed by atoms with Crippen LogP contribution in [0.4, 0.5) is 0 Å². The fourth-order valence-electron chi connectivity index (χ4n) is 1.73. The summed E-state index contributed by atoms with van der Waals surface area (Å²) < 4.78 is 1.58. The Morgan fingerprint density at radius 2 is 2.22 bits per heavy atom. The molecule has 2 rings (SSSR count). The summed E-state index contributed by atoms with van der Waals surface area (Å²) in [5, 5.41) is 23.5. The van der Waals surface area contributed by atoms with Gasteiger partial charge in [0, 0.05) is 11.8 Å². The smallest absolute Gasteiger partial charge is 0.0992 e. The Kier molecular flexibility index (Phi) is 3.37. The van der Waals surface area contributed by atoms with Gasteiger partial charge < -0.3 is 5.11 Å². The molecule has 0 aliphatic rings. The van der Waals surface area contributed by atoms with Crippen molar-refractivity contribution < 1.29 is 5.11 Å². The molecular weight excluding hydrogens is 250 g/mol. The van der Waals surface area contributed by atoms with Gasteiger partial charge in [0.2, 0.25) is 0 Å². The van der Waals surface area contributed by atoms with Crippen molar-refractivity contribution in [3.8, 4) is 11.8 Å². The lowest BCUT2D eigenvalue weighted by Crippen LogP contribution is -2.04. The topological polar surface area (TPSA) is 61.8 Å². The maximum atomic E-state index is 9.75. The minimum absolute atomic E-state index is 0.513. The highest BCUT2D eigenvalue weighted by atomic mass is 35.5. The van der Waals surface area contributed by atoms with Crippen LogP contribution in [0, 0.1) is 18.3 Å². The van der Waals surface area contributed by atoms with Crippen molar-refractivity contribution in [3.05, 3.63) is 46.2 Å². The van der Waals surface area contributed by atoms with Crippen LogP contribution in [0.15, 0.2) is 24.4 Å². The second kappa shape index (κ2) is 4.81. The Labute approximate surface area is 110 Å². The largest absolute Gasteiger partial charge is 0.389 e. The molecule has 0 unspecified atom stereocenters. The molecular formula is C13H12ClN3O. The summed E-state index contributed by atoms with van der Waals surface area (Å²) in [5.41, 5.74) is 2.58. The van der Waals surface area contributed by atoms with E-state index in [2.05, 4.69) is 11.2 Å². The lowest BCUT2D eigenvalue weighted by molar-refractivity contribution is 0.199. The summed E-state index contributed by atoms with van der Waals surface area (Å²) in [7, 11) is 0. The monoisotopic (exact) mass is 261 g/mol. The van der Waals surface area contributed by atoms with Gasteiger partial charge >= 0.3 is 0 Å². The number of aliphatic hydroxyl groups is 1. The minimum atomic E-state index is -0.643. The number of halogens is 1. The molecule has 0 bridgehead atoms. The lowest BCUT2D eigenvalue weighted by atomic mass is 10.1. The molecule has 4 nitrogen and oxygen atoms in total. The molecule has 1 aromatic heterocycles. The molecule has 0 radical (unpaired) electrons. The first kappa shape index (κ1) is 12.6. The molecule has 5 heteroatoms. The van der Waals surface area contributed by atoms with Crippen LogP contribution in [-0.4, -0.2) is 14.9 Å². The first-order chi connectivity index (χ1) is 8.52. The van der Waals surface area contributed by atoms with E-state index in [0.29, 0.717) is 27.5 Å². The highest BCUT2D eigenvalue weighted by molar-refractivity contribution is 6.31. The molecule has 0 saturated carbocycles. The van der Waals surface area contributed by atoms with Gasteiger partial charge in [-0.05, 0) is 26.0 Å². The Balaban J connectivity index is 2.64. The molecule has 1 atom stereocenters. The van der Waals surface area contributed by atoms with E-state index in [0.717, 1.165) is 0 Å². The van der Waals surface area contributed by atoms with Crippen LogP contribution in [-0.2, 0) is 0 Å². The third-order valence-electron chi connectivity index (χ3n) is 2.70. The third-order valence-corrected chi connectivity index (χ3v) is 3.07. The molecule has 0 aliphatic carbocycles. The highest BCUT2D eigenvalue weighted by Gasteiger charge is 2.13. The summed E-state index contributed by atoms with van der Waals surface area (Å²) in [5.74, 6) is 0. The number of nitrogens with zero attached hydrogens (tertiary/aromatic N) is 3. The lowest BCUT2D eigenvalue weighted by Gasteiger charge is -2.12. The molecule has 0 saturated heterocycles. The Hall–Kier alpha value is -1.83. The van der Waals surface area contributed by atoms with Gasteiger partial charge in [-0.2, -0.15) is 10.4 Å². The van der Waals surface area contributed by atoms with Crippen molar-refractivity contribution in [1.82, 2.24) is 9.78 Å². The maximum absolute atomic E-state index is 9.75. The summed E-state index contributed by atoms with van der Waals surface area (Å²) >= 11 is 5.97. The molecule has 1 N–H and O–H groups in total. The number of aryl methyl sites for hydroxylation is 1.